The minimum atomic E-state index is -5.00. The Kier molecular flexibility index (Phi) is 8.67. The molecule has 0 amide bonds. The number of anilines is 2. The van der Waals surface area contributed by atoms with Gasteiger partial charge in [-0.15, -0.1) is 11.3 Å². The Morgan fingerprint density at radius 2 is 1.89 bits per heavy atom. The van der Waals surface area contributed by atoms with Crippen molar-refractivity contribution in [1.29, 1.82) is 5.26 Å². The molecule has 7 rings (SSSR count). The maximum atomic E-state index is 16.3. The number of nitriles is 1. The molecule has 3 aliphatic rings. The molecule has 3 saturated heterocycles. The Bertz CT molecular complexity index is 1830. The number of nitrogen functional groups attached to an aromatic ring is 1. The second-order valence-electron chi connectivity index (χ2n) is 12.0. The molecule has 5 heterocycles. The maximum Gasteiger partial charge on any atom is 0.417 e. The zero-order valence-corrected chi connectivity index (χ0v) is 26.0. The predicted molar refractivity (Wildman–Crippen MR) is 166 cm³/mol. The van der Waals surface area contributed by atoms with Crippen LogP contribution in [0.1, 0.15) is 56.6 Å². The third kappa shape index (κ3) is 5.68. The van der Waals surface area contributed by atoms with Crippen molar-refractivity contribution >= 4 is 43.1 Å². The number of fused-ring (bicyclic) bond motifs is 3. The lowest BCUT2D eigenvalue weighted by Crippen LogP contribution is -2.38. The number of hydrogen-bond acceptors (Lipinski definition) is 8. The topological polar surface area (TPSA) is 91.3 Å². The van der Waals surface area contributed by atoms with Crippen molar-refractivity contribution in [2.45, 2.75) is 69.9 Å². The molecule has 2 aromatic carbocycles. The Hall–Kier alpha value is -3.83. The number of ether oxygens (including phenoxy) is 1. The number of methoxy groups -OCH3 is 1. The van der Waals surface area contributed by atoms with E-state index in [4.69, 9.17) is 10.5 Å². The van der Waals surface area contributed by atoms with Crippen LogP contribution < -0.4 is 15.4 Å². The normalized spacial score (nSPS) is 21.7. The lowest BCUT2D eigenvalue weighted by Gasteiger charge is -2.35. The summed E-state index contributed by atoms with van der Waals surface area (Å²) >= 11 is 0.713. The van der Waals surface area contributed by atoms with Crippen LogP contribution in [0.15, 0.2) is 18.2 Å². The van der Waals surface area contributed by atoms with E-state index in [0.717, 1.165) is 50.4 Å². The second-order valence-corrected chi connectivity index (χ2v) is 13.0. The summed E-state index contributed by atoms with van der Waals surface area (Å²) in [6, 6.07) is 4.95. The largest absolute Gasteiger partial charge is 0.467 e. The van der Waals surface area contributed by atoms with E-state index in [2.05, 4.69) is 14.9 Å². The third-order valence-electron chi connectivity index (χ3n) is 9.11. The van der Waals surface area contributed by atoms with Gasteiger partial charge in [0.15, 0.2) is 5.82 Å². The number of aromatic nitrogens is 2. The first-order valence-corrected chi connectivity index (χ1v) is 16.0. The molecule has 3 aliphatic heterocycles. The molecule has 3 atom stereocenters. The number of piperidine rings is 1. The second kappa shape index (κ2) is 12.4. The van der Waals surface area contributed by atoms with Gasteiger partial charge < -0.3 is 15.4 Å². The lowest BCUT2D eigenvalue weighted by molar-refractivity contribution is -0.137. The summed E-state index contributed by atoms with van der Waals surface area (Å²) in [7, 11) is 1.28. The Morgan fingerprint density at radius 1 is 1.11 bits per heavy atom. The predicted octanol–water partition coefficient (Wildman–Crippen LogP) is 7.84. The fraction of sp³-hybridized carbons (Fsp3) is 0.469. The summed E-state index contributed by atoms with van der Waals surface area (Å²) in [5.74, 6) is -1.91. The van der Waals surface area contributed by atoms with Crippen LogP contribution in [0.2, 0.25) is 0 Å². The number of rotatable bonds is 3. The molecule has 244 valence electrons. The molecule has 0 radical (unpaired) electrons. The molecule has 0 saturated carbocycles. The quantitative estimate of drug-likeness (QED) is 0.224. The average molecular weight is 663 g/mol. The summed E-state index contributed by atoms with van der Waals surface area (Å²) in [5.41, 5.74) is 2.82. The van der Waals surface area contributed by atoms with Crippen LogP contribution in [0.3, 0.4) is 0 Å². The molecule has 3 fully saturated rings. The van der Waals surface area contributed by atoms with E-state index in [1.807, 2.05) is 17.9 Å². The first-order valence-electron chi connectivity index (χ1n) is 15.1. The lowest BCUT2D eigenvalue weighted by atomic mass is 9.92. The molecule has 2 unspecified atom stereocenters. The van der Waals surface area contributed by atoms with Gasteiger partial charge in [-0.25, -0.2) is 13.2 Å². The zero-order valence-electron chi connectivity index (χ0n) is 25.2. The van der Waals surface area contributed by atoms with E-state index in [1.165, 1.54) is 20.0 Å². The third-order valence-corrected chi connectivity index (χ3v) is 10.1. The molecule has 0 bridgehead atoms. The summed E-state index contributed by atoms with van der Waals surface area (Å²) in [6.45, 7) is 4.31. The number of nitrogens with two attached hydrogens (primary N) is 1. The number of halogens is 6. The van der Waals surface area contributed by atoms with Gasteiger partial charge in [-0.05, 0) is 69.7 Å². The fourth-order valence-electron chi connectivity index (χ4n) is 6.94. The zero-order chi connectivity index (χ0) is 32.9. The Morgan fingerprint density at radius 3 is 2.57 bits per heavy atom. The van der Waals surface area contributed by atoms with E-state index >= 15 is 4.39 Å². The van der Waals surface area contributed by atoms with Crippen molar-refractivity contribution in [3.8, 4) is 23.2 Å². The van der Waals surface area contributed by atoms with Crippen molar-refractivity contribution in [2.75, 3.05) is 37.4 Å². The highest BCUT2D eigenvalue weighted by molar-refractivity contribution is 7.23. The van der Waals surface area contributed by atoms with Crippen LogP contribution in [-0.4, -0.2) is 59.9 Å². The van der Waals surface area contributed by atoms with Gasteiger partial charge >= 0.3 is 12.2 Å². The van der Waals surface area contributed by atoms with Crippen LogP contribution in [0.25, 0.3) is 32.1 Å². The minimum Gasteiger partial charge on any atom is -0.467 e. The molecule has 7 nitrogen and oxygen atoms in total. The van der Waals surface area contributed by atoms with Gasteiger partial charge in [0.2, 0.25) is 0 Å². The van der Waals surface area contributed by atoms with Gasteiger partial charge in [-0.2, -0.15) is 28.4 Å². The molecule has 46 heavy (non-hydrogen) atoms. The summed E-state index contributed by atoms with van der Waals surface area (Å²) in [6.07, 6.45) is 0.368. The Labute approximate surface area is 265 Å². The number of nitrogens with zero attached hydrogens (tertiary/aromatic N) is 5. The molecular weight excluding hydrogens is 630 g/mol. The molecular formula is C32H32F6N6OS. The SMILES string of the molecule is COc1nc(N2CCCC[C@@H]2C)c2cc(C(F)(F)F)c(-c3ccc(F)c4sc(N)c(C#N)c34)c(F)c2n1.FC1CC2CCCN2C1. The van der Waals surface area contributed by atoms with Crippen LogP contribution in [0.4, 0.5) is 37.2 Å². The van der Waals surface area contributed by atoms with Gasteiger partial charge in [0.1, 0.15) is 34.4 Å². The van der Waals surface area contributed by atoms with Crippen LogP contribution in [0, 0.1) is 23.0 Å². The van der Waals surface area contributed by atoms with E-state index in [-0.39, 0.29) is 55.0 Å². The molecule has 0 spiro atoms. The minimum absolute atomic E-state index is 0.0441. The number of alkyl halides is 4. The summed E-state index contributed by atoms with van der Waals surface area (Å²) < 4.78 is 92.0. The van der Waals surface area contributed by atoms with Gasteiger partial charge in [0.05, 0.1) is 22.9 Å². The van der Waals surface area contributed by atoms with Crippen molar-refractivity contribution in [3.63, 3.8) is 0 Å². The molecule has 2 aromatic heterocycles. The van der Waals surface area contributed by atoms with Crippen molar-refractivity contribution in [3.05, 3.63) is 41.0 Å². The average Bonchev–Trinajstić information content (AvgIpc) is 3.70. The molecule has 14 heteroatoms. The smallest absolute Gasteiger partial charge is 0.417 e. The first kappa shape index (κ1) is 32.1. The summed E-state index contributed by atoms with van der Waals surface area (Å²) in [5, 5.41) is 9.23. The van der Waals surface area contributed by atoms with Gasteiger partial charge in [-0.3, -0.25) is 4.90 Å². The molecule has 4 aromatic rings. The van der Waals surface area contributed by atoms with Crippen molar-refractivity contribution in [2.24, 2.45) is 0 Å². The van der Waals surface area contributed by atoms with E-state index < -0.39 is 35.1 Å². The van der Waals surface area contributed by atoms with Crippen LogP contribution in [-0.2, 0) is 6.18 Å². The maximum absolute atomic E-state index is 16.3. The van der Waals surface area contributed by atoms with E-state index in [1.54, 1.807) is 0 Å². The summed E-state index contributed by atoms with van der Waals surface area (Å²) in [4.78, 5) is 12.5. The van der Waals surface area contributed by atoms with Gasteiger partial charge in [0.25, 0.3) is 0 Å². The highest BCUT2D eigenvalue weighted by Crippen LogP contribution is 2.48. The highest BCUT2D eigenvalue weighted by Gasteiger charge is 2.39. The standard InChI is InChI=1S/C25H20F5N5OS.C7H12FN/c1-11-5-3-4-8-35(11)23-13-9-15(25(28,29)30)18(19(27)20(13)33-24(34-23)36-2)12-6-7-16(26)21-17(12)14(10-31)22(32)37-21;8-6-4-7-2-1-3-9(7)5-6/h6-7,9,11H,3-5,8,32H2,1-2H3;6-7H,1-5H2/t11-;/m0./s1. The Balaban J connectivity index is 0.000000352. The highest BCUT2D eigenvalue weighted by atomic mass is 32.1. The number of benzene rings is 2. The molecule has 2 N–H and O–H groups in total. The van der Waals surface area contributed by atoms with Crippen molar-refractivity contribution < 1.29 is 31.1 Å². The van der Waals surface area contributed by atoms with E-state index in [9.17, 15) is 27.2 Å². The van der Waals surface area contributed by atoms with Crippen molar-refractivity contribution in [1.82, 2.24) is 14.9 Å². The fourth-order valence-corrected chi connectivity index (χ4v) is 7.89. The first-order chi connectivity index (χ1) is 21.9. The van der Waals surface area contributed by atoms with Gasteiger partial charge in [-0.1, -0.05) is 6.07 Å². The molecule has 0 aliphatic carbocycles. The van der Waals surface area contributed by atoms with Crippen LogP contribution in [0.5, 0.6) is 6.01 Å². The van der Waals surface area contributed by atoms with E-state index in [0.29, 0.717) is 30.5 Å². The van der Waals surface area contributed by atoms with Crippen LogP contribution >= 0.6 is 11.3 Å². The van der Waals surface area contributed by atoms with Gasteiger partial charge in [0, 0.05) is 41.5 Å². The monoisotopic (exact) mass is 662 g/mol. The number of hydrogen-bond donors (Lipinski definition) is 1. The number of thiophene rings is 1.